The van der Waals surface area contributed by atoms with Gasteiger partial charge in [-0.2, -0.15) is 0 Å². The molecule has 0 aliphatic rings. The third kappa shape index (κ3) is 4.78. The molecule has 0 aliphatic carbocycles. The van der Waals surface area contributed by atoms with Gasteiger partial charge in [0.1, 0.15) is 0 Å². The number of esters is 1. The van der Waals surface area contributed by atoms with Gasteiger partial charge in [-0.25, -0.2) is 4.68 Å². The predicted molar refractivity (Wildman–Crippen MR) is 115 cm³/mol. The average Bonchev–Trinajstić information content (AvgIpc) is 3.05. The quantitative estimate of drug-likeness (QED) is 0.351. The van der Waals surface area contributed by atoms with Crippen LogP contribution in [0.3, 0.4) is 0 Å². The zero-order chi connectivity index (χ0) is 20.8. The van der Waals surface area contributed by atoms with Crippen LogP contribution in [0.1, 0.15) is 16.8 Å². The van der Waals surface area contributed by atoms with E-state index >= 15 is 0 Å². The van der Waals surface area contributed by atoms with E-state index in [0.717, 1.165) is 5.56 Å². The van der Waals surface area contributed by atoms with Crippen molar-refractivity contribution in [3.63, 3.8) is 0 Å². The van der Waals surface area contributed by atoms with E-state index in [4.69, 9.17) is 27.9 Å². The molecule has 0 unspecified atom stereocenters. The first-order valence-corrected chi connectivity index (χ1v) is 9.75. The van der Waals surface area contributed by atoms with Crippen LogP contribution in [0, 0.1) is 0 Å². The second kappa shape index (κ2) is 9.58. The first-order valence-electron chi connectivity index (χ1n) is 8.84. The Morgan fingerprint density at radius 1 is 1.14 bits per heavy atom. The summed E-state index contributed by atoms with van der Waals surface area (Å²) >= 11 is 12.4. The molecule has 3 rings (SSSR count). The number of alkyl halides is 1. The van der Waals surface area contributed by atoms with E-state index in [9.17, 15) is 9.59 Å². The topological polar surface area (TPSA) is 76.5 Å². The van der Waals surface area contributed by atoms with Gasteiger partial charge in [-0.15, -0.1) is 11.6 Å². The fourth-order valence-corrected chi connectivity index (χ4v) is 3.32. The lowest BCUT2D eigenvalue weighted by atomic mass is 10.1. The molecule has 0 radical (unpaired) electrons. The van der Waals surface area contributed by atoms with Crippen LogP contribution in [-0.4, -0.2) is 34.5 Å². The molecule has 0 fully saturated rings. The Labute approximate surface area is 177 Å². The summed E-state index contributed by atoms with van der Waals surface area (Å²) in [5.74, 6) is -0.479. The van der Waals surface area contributed by atoms with Gasteiger partial charge in [0, 0.05) is 0 Å². The summed E-state index contributed by atoms with van der Waals surface area (Å²) in [5, 5.41) is 3.35. The van der Waals surface area contributed by atoms with Crippen LogP contribution < -0.4 is 5.56 Å². The number of benzene rings is 2. The van der Waals surface area contributed by atoms with Crippen molar-refractivity contribution in [1.82, 2.24) is 9.78 Å². The van der Waals surface area contributed by atoms with Gasteiger partial charge >= 0.3 is 5.97 Å². The number of aliphatic imine (C=N–C) groups is 1. The van der Waals surface area contributed by atoms with Crippen molar-refractivity contribution in [2.75, 3.05) is 13.0 Å². The molecule has 0 atom stereocenters. The maximum atomic E-state index is 13.2. The summed E-state index contributed by atoms with van der Waals surface area (Å²) in [4.78, 5) is 29.6. The Morgan fingerprint density at radius 3 is 2.48 bits per heavy atom. The number of H-pyrrole nitrogens is 1. The van der Waals surface area contributed by atoms with Crippen LogP contribution >= 0.6 is 23.2 Å². The zero-order valence-electron chi connectivity index (χ0n) is 15.7. The van der Waals surface area contributed by atoms with E-state index in [1.54, 1.807) is 24.3 Å². The number of nitrogens with zero attached hydrogens (tertiary/aromatic N) is 2. The molecule has 0 saturated heterocycles. The summed E-state index contributed by atoms with van der Waals surface area (Å²) in [6.07, 6.45) is -0.125. The van der Waals surface area contributed by atoms with Crippen molar-refractivity contribution < 1.29 is 9.53 Å². The van der Waals surface area contributed by atoms with E-state index in [2.05, 4.69) is 10.1 Å². The van der Waals surface area contributed by atoms with Crippen molar-refractivity contribution in [3.8, 4) is 5.69 Å². The minimum Gasteiger partial charge on any atom is -0.469 e. The zero-order valence-corrected chi connectivity index (χ0v) is 17.2. The average molecular weight is 432 g/mol. The summed E-state index contributed by atoms with van der Waals surface area (Å²) in [6, 6.07) is 16.5. The molecule has 1 heterocycles. The highest BCUT2D eigenvalue weighted by Crippen LogP contribution is 2.19. The van der Waals surface area contributed by atoms with E-state index < -0.39 is 5.97 Å². The summed E-state index contributed by atoms with van der Waals surface area (Å²) in [6.45, 7) is 0.358. The lowest BCUT2D eigenvalue weighted by Crippen LogP contribution is -2.22. The number of para-hydroxylation sites is 1. The first kappa shape index (κ1) is 20.9. The number of nitrogens with one attached hydrogen (secondary N) is 1. The Hall–Kier alpha value is -2.83. The fourth-order valence-electron chi connectivity index (χ4n) is 2.89. The summed E-state index contributed by atoms with van der Waals surface area (Å²) < 4.78 is 6.05. The van der Waals surface area contributed by atoms with Crippen LogP contribution in [0.25, 0.3) is 5.69 Å². The number of halogens is 2. The van der Waals surface area contributed by atoms with Crippen molar-refractivity contribution >= 4 is 34.9 Å². The second-order valence-electron chi connectivity index (χ2n) is 6.19. The SMILES string of the molecule is COC(=O)Cc1[nH]n(-c2ccccc2Cl)c(=O)c1C(CCl)=NCc1ccccc1. The highest BCUT2D eigenvalue weighted by molar-refractivity contribution is 6.32. The molecular weight excluding hydrogens is 413 g/mol. The minimum atomic E-state index is -0.490. The molecule has 0 aliphatic heterocycles. The van der Waals surface area contributed by atoms with Gasteiger partial charge in [-0.3, -0.25) is 19.7 Å². The van der Waals surface area contributed by atoms with Crippen LogP contribution in [0.5, 0.6) is 0 Å². The highest BCUT2D eigenvalue weighted by atomic mass is 35.5. The number of ether oxygens (including phenoxy) is 1. The van der Waals surface area contributed by atoms with Crippen LogP contribution in [0.15, 0.2) is 64.4 Å². The van der Waals surface area contributed by atoms with Gasteiger partial charge in [0.25, 0.3) is 5.56 Å². The van der Waals surface area contributed by atoms with E-state index in [0.29, 0.717) is 28.7 Å². The lowest BCUT2D eigenvalue weighted by molar-refractivity contribution is -0.139. The molecule has 0 saturated carbocycles. The molecule has 29 heavy (non-hydrogen) atoms. The van der Waals surface area contributed by atoms with Gasteiger partial charge in [0.2, 0.25) is 0 Å². The maximum Gasteiger partial charge on any atom is 0.311 e. The molecule has 2 aromatic carbocycles. The number of aromatic nitrogens is 2. The third-order valence-corrected chi connectivity index (χ3v) is 4.89. The predicted octanol–water partition coefficient (Wildman–Crippen LogP) is 3.76. The van der Waals surface area contributed by atoms with Crippen molar-refractivity contribution in [2.45, 2.75) is 13.0 Å². The highest BCUT2D eigenvalue weighted by Gasteiger charge is 2.22. The molecule has 6 nitrogen and oxygen atoms in total. The molecule has 0 amide bonds. The number of carbonyl (C=O) groups excluding carboxylic acids is 1. The number of hydrogen-bond donors (Lipinski definition) is 1. The molecular formula is C21H19Cl2N3O3. The molecule has 0 bridgehead atoms. The van der Waals surface area contributed by atoms with Gasteiger partial charge < -0.3 is 4.74 Å². The largest absolute Gasteiger partial charge is 0.469 e. The molecule has 3 aromatic rings. The van der Waals surface area contributed by atoms with Crippen molar-refractivity contribution in [3.05, 3.63) is 86.8 Å². The molecule has 1 N–H and O–H groups in total. The van der Waals surface area contributed by atoms with Gasteiger partial charge in [-0.1, -0.05) is 54.1 Å². The molecule has 0 spiro atoms. The van der Waals surface area contributed by atoms with Gasteiger partial charge in [0.15, 0.2) is 0 Å². The van der Waals surface area contributed by atoms with E-state index in [1.165, 1.54) is 11.8 Å². The molecule has 8 heteroatoms. The Bertz CT molecular complexity index is 1090. The fraction of sp³-hybridized carbons (Fsp3) is 0.190. The number of hydrogen-bond acceptors (Lipinski definition) is 4. The number of aromatic amines is 1. The second-order valence-corrected chi connectivity index (χ2v) is 6.87. The lowest BCUT2D eigenvalue weighted by Gasteiger charge is -2.04. The Morgan fingerprint density at radius 2 is 1.83 bits per heavy atom. The summed E-state index contributed by atoms with van der Waals surface area (Å²) in [7, 11) is 1.29. The number of methoxy groups -OCH3 is 1. The van der Waals surface area contributed by atoms with Crippen LogP contribution in [-0.2, 0) is 22.5 Å². The number of rotatable bonds is 7. The Balaban J connectivity index is 2.10. The first-order chi connectivity index (χ1) is 14.0. The van der Waals surface area contributed by atoms with E-state index in [1.807, 2.05) is 30.3 Å². The molecule has 150 valence electrons. The monoisotopic (exact) mass is 431 g/mol. The normalized spacial score (nSPS) is 11.5. The van der Waals surface area contributed by atoms with Gasteiger partial charge in [0.05, 0.1) is 53.6 Å². The van der Waals surface area contributed by atoms with Crippen molar-refractivity contribution in [2.24, 2.45) is 4.99 Å². The standard InChI is InChI=1S/C21H19Cl2N3O3/c1-29-19(27)11-16-20(17(12-22)24-13-14-7-3-2-4-8-14)21(28)26(25-16)18-10-6-5-9-15(18)23/h2-10,25H,11-13H2,1H3. The van der Waals surface area contributed by atoms with Crippen LogP contribution in [0.2, 0.25) is 5.02 Å². The van der Waals surface area contributed by atoms with Crippen LogP contribution in [0.4, 0.5) is 0 Å². The minimum absolute atomic E-state index is 0.0105. The van der Waals surface area contributed by atoms with Gasteiger partial charge in [-0.05, 0) is 17.7 Å². The Kier molecular flexibility index (Phi) is 6.90. The van der Waals surface area contributed by atoms with E-state index in [-0.39, 0.29) is 23.4 Å². The molecule has 1 aromatic heterocycles. The smallest absolute Gasteiger partial charge is 0.311 e. The third-order valence-electron chi connectivity index (χ3n) is 4.32. The number of carbonyl (C=O) groups is 1. The maximum absolute atomic E-state index is 13.2. The van der Waals surface area contributed by atoms with Crippen molar-refractivity contribution in [1.29, 1.82) is 0 Å². The summed E-state index contributed by atoms with van der Waals surface area (Å²) in [5.41, 5.74) is 2.07.